The highest BCUT2D eigenvalue weighted by Gasteiger charge is 2.02. The second-order valence-corrected chi connectivity index (χ2v) is 5.20. The largest absolute Gasteiger partial charge is 0.362 e. The maximum atomic E-state index is 13.3. The van der Waals surface area contributed by atoms with Gasteiger partial charge in [0.2, 0.25) is 0 Å². The highest BCUT2D eigenvalue weighted by atomic mass is 35.5. The molecule has 2 aromatic carbocycles. The number of benzene rings is 2. The zero-order valence-electron chi connectivity index (χ0n) is 11.0. The van der Waals surface area contributed by atoms with Crippen molar-refractivity contribution in [2.24, 2.45) is 0 Å². The molecule has 0 fully saturated rings. The monoisotopic (exact) mass is 326 g/mol. The van der Waals surface area contributed by atoms with Crippen LogP contribution in [0, 0.1) is 11.6 Å². The lowest BCUT2D eigenvalue weighted by Gasteiger charge is -2.11. The summed E-state index contributed by atoms with van der Waals surface area (Å²) in [6, 6.07) is 10.7. The van der Waals surface area contributed by atoms with Gasteiger partial charge in [0.25, 0.3) is 0 Å². The molecule has 0 amide bonds. The molecule has 0 unspecified atom stereocenters. The summed E-state index contributed by atoms with van der Waals surface area (Å²) >= 11 is 10.7. The molecule has 2 N–H and O–H groups in total. The highest BCUT2D eigenvalue weighted by molar-refractivity contribution is 7.80. The number of hydrogen-bond donors (Lipinski definition) is 2. The molecule has 0 heterocycles. The third-order valence-corrected chi connectivity index (χ3v) is 3.34. The van der Waals surface area contributed by atoms with E-state index in [0.29, 0.717) is 23.8 Å². The van der Waals surface area contributed by atoms with E-state index in [1.54, 1.807) is 18.2 Å². The number of halogens is 3. The van der Waals surface area contributed by atoms with Gasteiger partial charge in [0.1, 0.15) is 11.6 Å². The molecule has 0 aliphatic heterocycles. The smallest absolute Gasteiger partial charge is 0.170 e. The number of hydrogen-bond acceptors (Lipinski definition) is 1. The predicted octanol–water partition coefficient (Wildman–Crippen LogP) is 4.15. The van der Waals surface area contributed by atoms with Crippen LogP contribution < -0.4 is 10.6 Å². The molecular formula is C15H13ClF2N2S. The first kappa shape index (κ1) is 15.7. The molecule has 21 heavy (non-hydrogen) atoms. The first-order valence-electron chi connectivity index (χ1n) is 6.29. The van der Waals surface area contributed by atoms with Crippen LogP contribution in [0.25, 0.3) is 0 Å². The molecule has 110 valence electrons. The van der Waals surface area contributed by atoms with Crippen LogP contribution in [0.4, 0.5) is 14.5 Å². The van der Waals surface area contributed by atoms with Crippen LogP contribution in [-0.4, -0.2) is 11.7 Å². The van der Waals surface area contributed by atoms with Crippen LogP contribution in [0.3, 0.4) is 0 Å². The topological polar surface area (TPSA) is 24.1 Å². The summed E-state index contributed by atoms with van der Waals surface area (Å²) in [5.74, 6) is -0.760. The molecule has 0 spiro atoms. The van der Waals surface area contributed by atoms with Crippen LogP contribution >= 0.6 is 23.8 Å². The first-order valence-corrected chi connectivity index (χ1v) is 7.07. The number of nitrogens with one attached hydrogen (secondary N) is 2. The fourth-order valence-electron chi connectivity index (χ4n) is 1.72. The minimum absolute atomic E-state index is 0.0655. The molecule has 0 aromatic heterocycles. The van der Waals surface area contributed by atoms with Gasteiger partial charge in [-0.05, 0) is 54.5 Å². The van der Waals surface area contributed by atoms with Gasteiger partial charge in [-0.1, -0.05) is 23.7 Å². The van der Waals surface area contributed by atoms with Crippen LogP contribution in [0.1, 0.15) is 5.56 Å². The SMILES string of the molecule is Fc1ccc(CCNC(=S)Nc2ccc(Cl)c(F)c2)cc1. The molecular weight excluding hydrogens is 314 g/mol. The van der Waals surface area contributed by atoms with E-state index >= 15 is 0 Å². The van der Waals surface area contributed by atoms with Crippen molar-refractivity contribution in [3.8, 4) is 0 Å². The Bertz CT molecular complexity index is 632. The Morgan fingerprint density at radius 2 is 1.81 bits per heavy atom. The third kappa shape index (κ3) is 4.95. The molecule has 0 atom stereocenters. The minimum Gasteiger partial charge on any atom is -0.362 e. The normalized spacial score (nSPS) is 10.2. The summed E-state index contributed by atoms with van der Waals surface area (Å²) < 4.78 is 26.0. The van der Waals surface area contributed by atoms with E-state index in [1.807, 2.05) is 0 Å². The van der Waals surface area contributed by atoms with E-state index < -0.39 is 5.82 Å². The van der Waals surface area contributed by atoms with Gasteiger partial charge in [-0.15, -0.1) is 0 Å². The van der Waals surface area contributed by atoms with Gasteiger partial charge < -0.3 is 10.6 Å². The fraction of sp³-hybridized carbons (Fsp3) is 0.133. The molecule has 0 saturated heterocycles. The van der Waals surface area contributed by atoms with E-state index in [0.717, 1.165) is 5.56 Å². The summed E-state index contributed by atoms with van der Waals surface area (Å²) in [4.78, 5) is 0. The Balaban J connectivity index is 1.79. The van der Waals surface area contributed by atoms with Crippen LogP contribution in [0.15, 0.2) is 42.5 Å². The Labute approximate surface area is 132 Å². The lowest BCUT2D eigenvalue weighted by Crippen LogP contribution is -2.30. The van der Waals surface area contributed by atoms with Gasteiger partial charge in [-0.25, -0.2) is 8.78 Å². The Kier molecular flexibility index (Phi) is 5.47. The second kappa shape index (κ2) is 7.33. The predicted molar refractivity (Wildman–Crippen MR) is 85.7 cm³/mol. The van der Waals surface area contributed by atoms with E-state index in [-0.39, 0.29) is 10.8 Å². The Morgan fingerprint density at radius 3 is 2.48 bits per heavy atom. The van der Waals surface area contributed by atoms with Gasteiger partial charge >= 0.3 is 0 Å². The lowest BCUT2D eigenvalue weighted by molar-refractivity contribution is 0.626. The van der Waals surface area contributed by atoms with Gasteiger partial charge in [-0.2, -0.15) is 0 Å². The van der Waals surface area contributed by atoms with Crippen molar-refractivity contribution in [3.63, 3.8) is 0 Å². The molecule has 2 aromatic rings. The van der Waals surface area contributed by atoms with Gasteiger partial charge in [0.15, 0.2) is 5.11 Å². The van der Waals surface area contributed by atoms with E-state index in [2.05, 4.69) is 10.6 Å². The van der Waals surface area contributed by atoms with E-state index in [9.17, 15) is 8.78 Å². The molecule has 0 aliphatic carbocycles. The van der Waals surface area contributed by atoms with E-state index in [1.165, 1.54) is 24.3 Å². The summed E-state index contributed by atoms with van der Waals surface area (Å²) in [5, 5.41) is 6.32. The van der Waals surface area contributed by atoms with Crippen molar-refractivity contribution in [1.82, 2.24) is 5.32 Å². The molecule has 2 nitrogen and oxygen atoms in total. The Morgan fingerprint density at radius 1 is 1.10 bits per heavy atom. The van der Waals surface area contributed by atoms with Crippen LogP contribution in [0.2, 0.25) is 5.02 Å². The van der Waals surface area contributed by atoms with Crippen LogP contribution in [0.5, 0.6) is 0 Å². The number of thiocarbonyl (C=S) groups is 1. The summed E-state index contributed by atoms with van der Waals surface area (Å²) in [5.41, 5.74) is 1.53. The van der Waals surface area contributed by atoms with Crippen molar-refractivity contribution in [2.45, 2.75) is 6.42 Å². The maximum Gasteiger partial charge on any atom is 0.170 e. The lowest BCUT2D eigenvalue weighted by atomic mass is 10.1. The molecule has 0 bridgehead atoms. The molecule has 6 heteroatoms. The van der Waals surface area contributed by atoms with Crippen molar-refractivity contribution in [3.05, 3.63) is 64.7 Å². The minimum atomic E-state index is -0.504. The summed E-state index contributed by atoms with van der Waals surface area (Å²) in [7, 11) is 0. The standard InChI is InChI=1S/C15H13ClF2N2S/c16-13-6-5-12(9-14(13)18)20-15(21)19-8-7-10-1-3-11(17)4-2-10/h1-6,9H,7-8H2,(H2,19,20,21). The van der Waals surface area contributed by atoms with Crippen molar-refractivity contribution < 1.29 is 8.78 Å². The zero-order chi connectivity index (χ0) is 15.2. The first-order chi connectivity index (χ1) is 10.0. The van der Waals surface area contributed by atoms with Gasteiger partial charge in [-0.3, -0.25) is 0 Å². The quantitative estimate of drug-likeness (QED) is 0.825. The zero-order valence-corrected chi connectivity index (χ0v) is 12.6. The molecule has 2 rings (SSSR count). The van der Waals surface area contributed by atoms with Gasteiger partial charge in [0.05, 0.1) is 5.02 Å². The average molecular weight is 327 g/mol. The van der Waals surface area contributed by atoms with Crippen molar-refractivity contribution in [2.75, 3.05) is 11.9 Å². The summed E-state index contributed by atoms with van der Waals surface area (Å²) in [6.07, 6.45) is 0.705. The van der Waals surface area contributed by atoms with Gasteiger partial charge in [0, 0.05) is 12.2 Å². The van der Waals surface area contributed by atoms with Crippen LogP contribution in [-0.2, 0) is 6.42 Å². The number of rotatable bonds is 4. The van der Waals surface area contributed by atoms with Crippen molar-refractivity contribution >= 4 is 34.6 Å². The molecule has 0 saturated carbocycles. The summed E-state index contributed by atoms with van der Waals surface area (Å²) in [6.45, 7) is 0.591. The Hall–Kier alpha value is -1.72. The maximum absolute atomic E-state index is 13.3. The third-order valence-electron chi connectivity index (χ3n) is 2.79. The van der Waals surface area contributed by atoms with Crippen molar-refractivity contribution in [1.29, 1.82) is 0 Å². The second-order valence-electron chi connectivity index (χ2n) is 4.39. The fourth-order valence-corrected chi connectivity index (χ4v) is 2.06. The average Bonchev–Trinajstić information content (AvgIpc) is 2.45. The highest BCUT2D eigenvalue weighted by Crippen LogP contribution is 2.18. The molecule has 0 radical (unpaired) electrons. The van der Waals surface area contributed by atoms with E-state index in [4.69, 9.17) is 23.8 Å². The molecule has 0 aliphatic rings. The number of anilines is 1.